The predicted octanol–water partition coefficient (Wildman–Crippen LogP) is 1.50. The number of rotatable bonds is 4. The third-order valence-electron chi connectivity index (χ3n) is 3.46. The van der Waals surface area contributed by atoms with Crippen molar-refractivity contribution in [2.45, 2.75) is 42.9 Å². The topological polar surface area (TPSA) is 90.4 Å². The number of aromatic nitrogens is 1. The van der Waals surface area contributed by atoms with Crippen LogP contribution in [0.3, 0.4) is 0 Å². The van der Waals surface area contributed by atoms with Crippen molar-refractivity contribution in [3.8, 4) is 0 Å². The van der Waals surface area contributed by atoms with E-state index in [1.54, 1.807) is 0 Å². The van der Waals surface area contributed by atoms with Crippen LogP contribution in [-0.2, 0) is 24.2 Å². The van der Waals surface area contributed by atoms with Crippen LogP contribution in [0.1, 0.15) is 32.6 Å². The van der Waals surface area contributed by atoms with E-state index in [1.807, 2.05) is 0 Å². The summed E-state index contributed by atoms with van der Waals surface area (Å²) in [5, 5.41) is 0. The Morgan fingerprint density at radius 1 is 1.48 bits per heavy atom. The van der Waals surface area contributed by atoms with Gasteiger partial charge in [0.15, 0.2) is 0 Å². The standard InChI is InChI=1S/C14H17NO5S/c1-10(16)20-14(11-4-2-5-12(17)8-11)21(18,19)13-6-3-7-15-9-13/h3,6-7,9,11,14H,2,4-5,8H2,1H3. The summed E-state index contributed by atoms with van der Waals surface area (Å²) < 4.78 is 30.3. The Balaban J connectivity index is 2.35. The van der Waals surface area contributed by atoms with Gasteiger partial charge in [0.1, 0.15) is 5.78 Å². The number of carbonyl (C=O) groups is 2. The van der Waals surface area contributed by atoms with E-state index in [-0.39, 0.29) is 17.1 Å². The monoisotopic (exact) mass is 311 g/mol. The first-order valence-electron chi connectivity index (χ1n) is 6.74. The van der Waals surface area contributed by atoms with Crippen molar-refractivity contribution in [2.75, 3.05) is 0 Å². The van der Waals surface area contributed by atoms with E-state index in [0.29, 0.717) is 19.3 Å². The third kappa shape index (κ3) is 3.66. The molecule has 1 aliphatic carbocycles. The molecule has 0 aromatic carbocycles. The lowest BCUT2D eigenvalue weighted by atomic mass is 9.89. The second kappa shape index (κ2) is 6.34. The quantitative estimate of drug-likeness (QED) is 0.783. The van der Waals surface area contributed by atoms with Crippen LogP contribution in [0.15, 0.2) is 29.4 Å². The SMILES string of the molecule is CC(=O)OC(C1CCCC(=O)C1)S(=O)(=O)c1cccnc1. The van der Waals surface area contributed by atoms with Gasteiger partial charge in [-0.25, -0.2) is 8.42 Å². The van der Waals surface area contributed by atoms with E-state index in [1.165, 1.54) is 24.5 Å². The zero-order valence-corrected chi connectivity index (χ0v) is 12.5. The molecule has 1 aliphatic rings. The van der Waals surface area contributed by atoms with Crippen molar-refractivity contribution in [3.63, 3.8) is 0 Å². The molecule has 2 atom stereocenters. The number of carbonyl (C=O) groups excluding carboxylic acids is 2. The molecule has 0 aliphatic heterocycles. The second-order valence-electron chi connectivity index (χ2n) is 5.11. The molecule has 0 spiro atoms. The lowest BCUT2D eigenvalue weighted by Gasteiger charge is -2.28. The first-order valence-corrected chi connectivity index (χ1v) is 8.28. The molecular formula is C14H17NO5S. The van der Waals surface area contributed by atoms with Crippen LogP contribution < -0.4 is 0 Å². The Hall–Kier alpha value is -1.76. The molecule has 6 nitrogen and oxygen atoms in total. The summed E-state index contributed by atoms with van der Waals surface area (Å²) in [7, 11) is -3.88. The van der Waals surface area contributed by atoms with Crippen LogP contribution in [0.5, 0.6) is 0 Å². The molecule has 0 saturated heterocycles. The molecule has 21 heavy (non-hydrogen) atoms. The van der Waals surface area contributed by atoms with Crippen molar-refractivity contribution in [1.29, 1.82) is 0 Å². The molecule has 2 unspecified atom stereocenters. The average Bonchev–Trinajstić information content (AvgIpc) is 2.45. The van der Waals surface area contributed by atoms with E-state index < -0.39 is 27.2 Å². The number of pyridine rings is 1. The van der Waals surface area contributed by atoms with Crippen LogP contribution in [0.25, 0.3) is 0 Å². The summed E-state index contributed by atoms with van der Waals surface area (Å²) in [6.07, 6.45) is 4.42. The van der Waals surface area contributed by atoms with Gasteiger partial charge < -0.3 is 4.74 Å². The normalized spacial score (nSPS) is 20.8. The van der Waals surface area contributed by atoms with Gasteiger partial charge in [-0.15, -0.1) is 0 Å². The number of Topliss-reactive ketones (excluding diaryl/α,β-unsaturated/α-hetero) is 1. The smallest absolute Gasteiger partial charge is 0.303 e. The molecule has 1 saturated carbocycles. The van der Waals surface area contributed by atoms with Crippen LogP contribution in [0.2, 0.25) is 0 Å². The number of esters is 1. The van der Waals surface area contributed by atoms with E-state index in [2.05, 4.69) is 4.98 Å². The lowest BCUT2D eigenvalue weighted by molar-refractivity contribution is -0.146. The van der Waals surface area contributed by atoms with Crippen molar-refractivity contribution in [1.82, 2.24) is 4.98 Å². The van der Waals surface area contributed by atoms with E-state index >= 15 is 0 Å². The Bertz CT molecular complexity index is 626. The summed E-state index contributed by atoms with van der Waals surface area (Å²) in [6.45, 7) is 1.16. The van der Waals surface area contributed by atoms with Gasteiger partial charge in [-0.3, -0.25) is 14.6 Å². The Labute approximate surface area is 123 Å². The molecule has 1 aromatic heterocycles. The minimum absolute atomic E-state index is 0.00443. The van der Waals surface area contributed by atoms with Crippen LogP contribution in [0.4, 0.5) is 0 Å². The molecule has 0 N–H and O–H groups in total. The maximum Gasteiger partial charge on any atom is 0.303 e. The van der Waals surface area contributed by atoms with Crippen molar-refractivity contribution in [3.05, 3.63) is 24.5 Å². The summed E-state index contributed by atoms with van der Waals surface area (Å²) in [4.78, 5) is 26.6. The van der Waals surface area contributed by atoms with Gasteiger partial charge in [0.25, 0.3) is 0 Å². The van der Waals surface area contributed by atoms with E-state index in [0.717, 1.165) is 6.92 Å². The fourth-order valence-electron chi connectivity index (χ4n) is 2.52. The molecule has 1 aromatic rings. The number of hydrogen-bond acceptors (Lipinski definition) is 6. The minimum Gasteiger partial charge on any atom is -0.445 e. The predicted molar refractivity (Wildman–Crippen MR) is 73.9 cm³/mol. The van der Waals surface area contributed by atoms with E-state index in [9.17, 15) is 18.0 Å². The lowest BCUT2D eigenvalue weighted by Crippen LogP contribution is -2.37. The van der Waals surface area contributed by atoms with Gasteiger partial charge in [-0.1, -0.05) is 0 Å². The zero-order valence-electron chi connectivity index (χ0n) is 11.7. The summed E-state index contributed by atoms with van der Waals surface area (Å²) in [5.74, 6) is -1.17. The first kappa shape index (κ1) is 15.6. The number of ketones is 1. The van der Waals surface area contributed by atoms with Crippen molar-refractivity contribution < 1.29 is 22.7 Å². The fourth-order valence-corrected chi connectivity index (χ4v) is 4.26. The molecule has 0 amide bonds. The second-order valence-corrected chi connectivity index (χ2v) is 7.13. The minimum atomic E-state index is -3.88. The average molecular weight is 311 g/mol. The van der Waals surface area contributed by atoms with Crippen LogP contribution >= 0.6 is 0 Å². The largest absolute Gasteiger partial charge is 0.445 e. The molecule has 7 heteroatoms. The Morgan fingerprint density at radius 2 is 2.24 bits per heavy atom. The Kier molecular flexibility index (Phi) is 4.72. The first-order chi connectivity index (χ1) is 9.91. The molecule has 2 rings (SSSR count). The molecule has 0 bridgehead atoms. The maximum atomic E-state index is 12.6. The third-order valence-corrected chi connectivity index (χ3v) is 5.45. The van der Waals surface area contributed by atoms with Gasteiger partial charge in [0.05, 0.1) is 4.90 Å². The van der Waals surface area contributed by atoms with Crippen molar-refractivity contribution in [2.24, 2.45) is 5.92 Å². The van der Waals surface area contributed by atoms with Gasteiger partial charge in [-0.2, -0.15) is 0 Å². The van der Waals surface area contributed by atoms with Crippen LogP contribution in [0, 0.1) is 5.92 Å². The van der Waals surface area contributed by atoms with Gasteiger partial charge in [0.2, 0.25) is 15.3 Å². The number of sulfone groups is 1. The highest BCUT2D eigenvalue weighted by molar-refractivity contribution is 7.92. The summed E-state index contributed by atoms with van der Waals surface area (Å²) in [6, 6.07) is 2.91. The highest BCUT2D eigenvalue weighted by Gasteiger charge is 2.39. The molecule has 0 radical (unpaired) electrons. The number of hydrogen-bond donors (Lipinski definition) is 0. The van der Waals surface area contributed by atoms with Gasteiger partial charge in [0, 0.05) is 38.1 Å². The van der Waals surface area contributed by atoms with E-state index in [4.69, 9.17) is 4.74 Å². The highest BCUT2D eigenvalue weighted by Crippen LogP contribution is 2.31. The van der Waals surface area contributed by atoms with Gasteiger partial charge >= 0.3 is 5.97 Å². The maximum absolute atomic E-state index is 12.6. The molecule has 1 heterocycles. The molecule has 114 valence electrons. The van der Waals surface area contributed by atoms with Gasteiger partial charge in [-0.05, 0) is 25.0 Å². The number of ether oxygens (including phenoxy) is 1. The zero-order chi connectivity index (χ0) is 15.5. The summed E-state index contributed by atoms with van der Waals surface area (Å²) >= 11 is 0. The summed E-state index contributed by atoms with van der Waals surface area (Å²) in [5.41, 5.74) is -1.33. The van der Waals surface area contributed by atoms with Crippen LogP contribution in [-0.4, -0.2) is 30.6 Å². The molecular weight excluding hydrogens is 294 g/mol. The highest BCUT2D eigenvalue weighted by atomic mass is 32.2. The Morgan fingerprint density at radius 3 is 2.81 bits per heavy atom. The number of nitrogens with zero attached hydrogens (tertiary/aromatic N) is 1. The van der Waals surface area contributed by atoms with Crippen molar-refractivity contribution >= 4 is 21.6 Å². The molecule has 1 fully saturated rings. The fraction of sp³-hybridized carbons (Fsp3) is 0.500.